The Hall–Kier alpha value is -2.64. The van der Waals surface area contributed by atoms with E-state index in [0.717, 1.165) is 6.07 Å². The van der Waals surface area contributed by atoms with Crippen molar-refractivity contribution < 1.29 is 24.4 Å². The van der Waals surface area contributed by atoms with Crippen molar-refractivity contribution in [3.05, 3.63) is 33.9 Å². The smallest absolute Gasteiger partial charge is 0.340 e. The minimum Gasteiger partial charge on any atom is -0.481 e. The van der Waals surface area contributed by atoms with Gasteiger partial charge in [0.15, 0.2) is 0 Å². The van der Waals surface area contributed by atoms with E-state index >= 15 is 0 Å². The van der Waals surface area contributed by atoms with Crippen LogP contribution in [0.25, 0.3) is 0 Å². The molecular formula is C12H12N2O6. The van der Waals surface area contributed by atoms with Gasteiger partial charge >= 0.3 is 11.9 Å². The maximum absolute atomic E-state index is 11.7. The molecule has 0 atom stereocenters. The van der Waals surface area contributed by atoms with E-state index < -0.39 is 22.8 Å². The molecule has 106 valence electrons. The van der Waals surface area contributed by atoms with Gasteiger partial charge in [-0.3, -0.25) is 14.9 Å². The van der Waals surface area contributed by atoms with Crippen LogP contribution in [0.2, 0.25) is 0 Å². The number of non-ortho nitro benzene ring substituents is 1. The van der Waals surface area contributed by atoms with Gasteiger partial charge in [0, 0.05) is 25.2 Å². The van der Waals surface area contributed by atoms with Gasteiger partial charge in [0.1, 0.15) is 0 Å². The zero-order valence-electron chi connectivity index (χ0n) is 10.6. The van der Waals surface area contributed by atoms with E-state index in [2.05, 4.69) is 4.74 Å². The molecule has 0 spiro atoms. The third-order valence-electron chi connectivity index (χ3n) is 3.17. The van der Waals surface area contributed by atoms with Crippen LogP contribution in [0.15, 0.2) is 18.2 Å². The van der Waals surface area contributed by atoms with Crippen LogP contribution >= 0.6 is 0 Å². The van der Waals surface area contributed by atoms with Crippen molar-refractivity contribution in [1.29, 1.82) is 0 Å². The molecule has 0 saturated carbocycles. The number of carbonyl (C=O) groups is 2. The number of anilines is 1. The molecule has 0 aromatic heterocycles. The van der Waals surface area contributed by atoms with Crippen molar-refractivity contribution in [1.82, 2.24) is 0 Å². The van der Waals surface area contributed by atoms with Crippen molar-refractivity contribution in [3.8, 4) is 0 Å². The number of nitro groups is 1. The molecule has 1 heterocycles. The summed E-state index contributed by atoms with van der Waals surface area (Å²) in [4.78, 5) is 34.3. The SMILES string of the molecule is COC(=O)c1cc([N+](=O)[O-])ccc1N1CC(C(=O)O)C1. The van der Waals surface area contributed by atoms with Crippen LogP contribution in [0.5, 0.6) is 0 Å². The highest BCUT2D eigenvalue weighted by molar-refractivity contribution is 5.97. The first-order valence-electron chi connectivity index (χ1n) is 5.78. The maximum atomic E-state index is 11.7. The number of carbonyl (C=O) groups excluding carboxylic acids is 1. The van der Waals surface area contributed by atoms with E-state index in [0.29, 0.717) is 5.69 Å². The Balaban J connectivity index is 2.31. The van der Waals surface area contributed by atoms with Crippen molar-refractivity contribution in [2.75, 3.05) is 25.1 Å². The molecule has 8 nitrogen and oxygen atoms in total. The molecular weight excluding hydrogens is 268 g/mol. The normalized spacial score (nSPS) is 14.6. The van der Waals surface area contributed by atoms with E-state index in [4.69, 9.17) is 5.11 Å². The largest absolute Gasteiger partial charge is 0.481 e. The number of nitrogens with zero attached hydrogens (tertiary/aromatic N) is 2. The average Bonchev–Trinajstić information content (AvgIpc) is 2.35. The van der Waals surface area contributed by atoms with E-state index in [-0.39, 0.29) is 24.3 Å². The molecule has 1 aliphatic rings. The minimum atomic E-state index is -0.900. The third kappa shape index (κ3) is 2.40. The zero-order valence-corrected chi connectivity index (χ0v) is 10.6. The number of aliphatic carboxylic acids is 1. The second-order valence-corrected chi connectivity index (χ2v) is 4.39. The number of esters is 1. The summed E-state index contributed by atoms with van der Waals surface area (Å²) in [5, 5.41) is 19.6. The molecule has 1 saturated heterocycles. The second-order valence-electron chi connectivity index (χ2n) is 4.39. The van der Waals surface area contributed by atoms with E-state index in [1.807, 2.05) is 0 Å². The average molecular weight is 280 g/mol. The lowest BCUT2D eigenvalue weighted by Crippen LogP contribution is -2.51. The number of nitro benzene ring substituents is 1. The standard InChI is InChI=1S/C12H12N2O6/c1-20-12(17)9-4-8(14(18)19)2-3-10(9)13-5-7(6-13)11(15)16/h2-4,7H,5-6H2,1H3,(H,15,16). The predicted molar refractivity (Wildman–Crippen MR) is 67.8 cm³/mol. The lowest BCUT2D eigenvalue weighted by molar-refractivity contribution is -0.384. The second kappa shape index (κ2) is 5.16. The Morgan fingerprint density at radius 2 is 2.10 bits per heavy atom. The summed E-state index contributed by atoms with van der Waals surface area (Å²) in [5.41, 5.74) is 0.287. The fourth-order valence-corrected chi connectivity index (χ4v) is 2.02. The Labute approximate surface area is 113 Å². The summed E-state index contributed by atoms with van der Waals surface area (Å²) in [6.07, 6.45) is 0. The quantitative estimate of drug-likeness (QED) is 0.495. The highest BCUT2D eigenvalue weighted by Crippen LogP contribution is 2.31. The summed E-state index contributed by atoms with van der Waals surface area (Å²) >= 11 is 0. The van der Waals surface area contributed by atoms with Crippen molar-refractivity contribution in [2.24, 2.45) is 5.92 Å². The summed E-state index contributed by atoms with van der Waals surface area (Å²) < 4.78 is 4.60. The molecule has 0 amide bonds. The molecule has 8 heteroatoms. The number of rotatable bonds is 4. The van der Waals surface area contributed by atoms with Crippen LogP contribution < -0.4 is 4.90 Å². The lowest BCUT2D eigenvalue weighted by Gasteiger charge is -2.39. The van der Waals surface area contributed by atoms with Crippen molar-refractivity contribution in [3.63, 3.8) is 0 Å². The number of benzene rings is 1. The van der Waals surface area contributed by atoms with Gasteiger partial charge in [-0.2, -0.15) is 0 Å². The molecule has 2 rings (SSSR count). The highest BCUT2D eigenvalue weighted by atomic mass is 16.6. The van der Waals surface area contributed by atoms with Gasteiger partial charge in [-0.1, -0.05) is 0 Å². The van der Waals surface area contributed by atoms with Gasteiger partial charge in [-0.15, -0.1) is 0 Å². The first-order chi connectivity index (χ1) is 9.43. The fraction of sp³-hybridized carbons (Fsp3) is 0.333. The Kier molecular flexibility index (Phi) is 3.55. The molecule has 0 radical (unpaired) electrons. The van der Waals surface area contributed by atoms with E-state index in [9.17, 15) is 19.7 Å². The number of carboxylic acid groups (broad SMARTS) is 1. The minimum absolute atomic E-state index is 0.0607. The molecule has 0 bridgehead atoms. The molecule has 0 unspecified atom stereocenters. The summed E-state index contributed by atoms with van der Waals surface area (Å²) in [7, 11) is 1.18. The van der Waals surface area contributed by atoms with Crippen LogP contribution in [-0.4, -0.2) is 42.2 Å². The Morgan fingerprint density at radius 1 is 1.45 bits per heavy atom. The molecule has 20 heavy (non-hydrogen) atoms. The molecule has 0 aliphatic carbocycles. The van der Waals surface area contributed by atoms with E-state index in [1.165, 1.54) is 19.2 Å². The molecule has 1 aromatic carbocycles. The molecule has 1 aliphatic heterocycles. The molecule has 1 fully saturated rings. The van der Waals surface area contributed by atoms with Crippen molar-refractivity contribution >= 4 is 23.3 Å². The van der Waals surface area contributed by atoms with Crippen LogP contribution in [0, 0.1) is 16.0 Å². The number of hydrogen-bond donors (Lipinski definition) is 1. The van der Waals surface area contributed by atoms with Gasteiger partial charge in [-0.05, 0) is 6.07 Å². The Morgan fingerprint density at radius 3 is 2.60 bits per heavy atom. The monoisotopic (exact) mass is 280 g/mol. The summed E-state index contributed by atoms with van der Waals surface area (Å²) in [6, 6.07) is 3.84. The van der Waals surface area contributed by atoms with Gasteiger partial charge in [0.25, 0.3) is 5.69 Å². The molecule has 1 N–H and O–H groups in total. The first kappa shape index (κ1) is 13.8. The molecule has 1 aromatic rings. The first-order valence-corrected chi connectivity index (χ1v) is 5.78. The van der Waals surface area contributed by atoms with Crippen LogP contribution in [-0.2, 0) is 9.53 Å². The van der Waals surface area contributed by atoms with Gasteiger partial charge in [0.2, 0.25) is 0 Å². The number of methoxy groups -OCH3 is 1. The number of ether oxygens (including phenoxy) is 1. The number of carboxylic acids is 1. The number of hydrogen-bond acceptors (Lipinski definition) is 6. The Bertz CT molecular complexity index is 579. The fourth-order valence-electron chi connectivity index (χ4n) is 2.02. The summed E-state index contributed by atoms with van der Waals surface area (Å²) in [5.74, 6) is -2.08. The topological polar surface area (TPSA) is 110 Å². The van der Waals surface area contributed by atoms with Gasteiger partial charge < -0.3 is 14.7 Å². The lowest BCUT2D eigenvalue weighted by atomic mass is 9.98. The van der Waals surface area contributed by atoms with Crippen molar-refractivity contribution in [2.45, 2.75) is 0 Å². The van der Waals surface area contributed by atoms with Crippen LogP contribution in [0.1, 0.15) is 10.4 Å². The van der Waals surface area contributed by atoms with Gasteiger partial charge in [-0.25, -0.2) is 4.79 Å². The zero-order chi connectivity index (χ0) is 14.9. The maximum Gasteiger partial charge on any atom is 0.340 e. The van der Waals surface area contributed by atoms with E-state index in [1.54, 1.807) is 4.90 Å². The highest BCUT2D eigenvalue weighted by Gasteiger charge is 2.35. The predicted octanol–water partition coefficient (Wildman–Crippen LogP) is 0.902. The third-order valence-corrected chi connectivity index (χ3v) is 3.17. The van der Waals surface area contributed by atoms with Crippen LogP contribution in [0.4, 0.5) is 11.4 Å². The summed E-state index contributed by atoms with van der Waals surface area (Å²) in [6.45, 7) is 0.522. The van der Waals surface area contributed by atoms with Crippen LogP contribution in [0.3, 0.4) is 0 Å². The van der Waals surface area contributed by atoms with Gasteiger partial charge in [0.05, 0.1) is 29.2 Å².